The van der Waals surface area contributed by atoms with Crippen molar-refractivity contribution in [1.82, 2.24) is 0 Å². The Morgan fingerprint density at radius 3 is 2.50 bits per heavy atom. The van der Waals surface area contributed by atoms with Crippen molar-refractivity contribution >= 4 is 17.3 Å². The van der Waals surface area contributed by atoms with Gasteiger partial charge in [-0.2, -0.15) is 5.26 Å². The van der Waals surface area contributed by atoms with Crippen LogP contribution in [0.2, 0.25) is 0 Å². The Balaban J connectivity index is 1.89. The topological polar surface area (TPSA) is 105 Å². The smallest absolute Gasteiger partial charge is 0.269 e. The highest BCUT2D eigenvalue weighted by Crippen LogP contribution is 2.41. The molecule has 0 radical (unpaired) electrons. The van der Waals surface area contributed by atoms with E-state index in [2.05, 4.69) is 11.4 Å². The number of anilines is 1. The second-order valence-corrected chi connectivity index (χ2v) is 7.57. The summed E-state index contributed by atoms with van der Waals surface area (Å²) in [7, 11) is 0. The first-order valence-corrected chi connectivity index (χ1v) is 10.2. The van der Waals surface area contributed by atoms with Crippen LogP contribution in [0.15, 0.2) is 42.5 Å². The Morgan fingerprint density at radius 2 is 1.90 bits per heavy atom. The number of nitrogens with one attached hydrogen (secondary N) is 1. The number of hydrogen-bond acceptors (Lipinski definition) is 5. The van der Waals surface area contributed by atoms with Crippen LogP contribution in [0.25, 0.3) is 0 Å². The fourth-order valence-corrected chi connectivity index (χ4v) is 3.98. The van der Waals surface area contributed by atoms with E-state index >= 15 is 0 Å². The number of ether oxygens (including phenoxy) is 1. The average Bonchev–Trinajstić information content (AvgIpc) is 2.78. The van der Waals surface area contributed by atoms with Gasteiger partial charge in [-0.15, -0.1) is 0 Å². The third-order valence-electron chi connectivity index (χ3n) is 5.60. The maximum atomic E-state index is 13.4. The average molecular weight is 407 g/mol. The van der Waals surface area contributed by atoms with E-state index in [-0.39, 0.29) is 11.6 Å². The Labute approximate surface area is 175 Å². The fourth-order valence-electron chi connectivity index (χ4n) is 3.98. The molecule has 0 unspecified atom stereocenters. The van der Waals surface area contributed by atoms with Gasteiger partial charge in [0.05, 0.1) is 28.2 Å². The Morgan fingerprint density at radius 1 is 1.20 bits per heavy atom. The molecule has 1 aliphatic carbocycles. The highest BCUT2D eigenvalue weighted by atomic mass is 16.6. The van der Waals surface area contributed by atoms with Crippen LogP contribution in [0.1, 0.15) is 56.6 Å². The first-order valence-electron chi connectivity index (χ1n) is 10.2. The van der Waals surface area contributed by atoms with E-state index in [9.17, 15) is 20.2 Å². The number of nitro groups is 1. The molecule has 0 saturated heterocycles. The van der Waals surface area contributed by atoms with Gasteiger partial charge in [-0.05, 0) is 43.0 Å². The predicted molar refractivity (Wildman–Crippen MR) is 113 cm³/mol. The van der Waals surface area contributed by atoms with Crippen LogP contribution in [0.5, 0.6) is 5.75 Å². The lowest BCUT2D eigenvalue weighted by molar-refractivity contribution is -0.384. The number of hydrogen-bond donors (Lipinski definition) is 1. The zero-order chi connectivity index (χ0) is 21.6. The third kappa shape index (κ3) is 4.43. The van der Waals surface area contributed by atoms with Crippen molar-refractivity contribution < 1.29 is 14.5 Å². The molecule has 0 bridgehead atoms. The first kappa shape index (κ1) is 21.3. The minimum Gasteiger partial charge on any atom is -0.494 e. The summed E-state index contributed by atoms with van der Waals surface area (Å²) in [5.41, 5.74) is 0.786. The fraction of sp³-hybridized carbons (Fsp3) is 0.391. The molecule has 0 spiro atoms. The Bertz CT molecular complexity index is 957. The van der Waals surface area contributed by atoms with Gasteiger partial charge in [-0.25, -0.2) is 0 Å². The van der Waals surface area contributed by atoms with Crippen LogP contribution >= 0.6 is 0 Å². The second kappa shape index (κ2) is 9.40. The molecule has 1 fully saturated rings. The molecular weight excluding hydrogens is 382 g/mol. The summed E-state index contributed by atoms with van der Waals surface area (Å²) in [5, 5.41) is 23.5. The standard InChI is InChI=1S/C23H25N3O4/c1-2-14-30-20-10-11-21(17(15-20)16-24)25-22(27)23(12-4-3-5-13-23)18-6-8-19(9-7-18)26(28)29/h6-11,15H,2-5,12-14H2,1H3,(H,25,27). The number of amides is 1. The van der Waals surface area contributed by atoms with E-state index in [1.165, 1.54) is 12.1 Å². The largest absolute Gasteiger partial charge is 0.494 e. The summed E-state index contributed by atoms with van der Waals surface area (Å²) in [6.45, 7) is 2.56. The van der Waals surface area contributed by atoms with E-state index in [0.717, 1.165) is 31.2 Å². The SMILES string of the molecule is CCCOc1ccc(NC(=O)C2(c3ccc([N+](=O)[O-])cc3)CCCCC2)c(C#N)c1. The highest BCUT2D eigenvalue weighted by molar-refractivity contribution is 6.00. The van der Waals surface area contributed by atoms with Gasteiger partial charge >= 0.3 is 0 Å². The quantitative estimate of drug-likeness (QED) is 0.508. The lowest BCUT2D eigenvalue weighted by atomic mass is 9.68. The molecule has 1 aliphatic rings. The Hall–Kier alpha value is -3.40. The van der Waals surface area contributed by atoms with Gasteiger partial charge in [-0.1, -0.05) is 38.3 Å². The number of benzene rings is 2. The lowest BCUT2D eigenvalue weighted by Crippen LogP contribution is -2.42. The van der Waals surface area contributed by atoms with Crippen LogP contribution in [0, 0.1) is 21.4 Å². The van der Waals surface area contributed by atoms with Crippen LogP contribution in [0.4, 0.5) is 11.4 Å². The maximum absolute atomic E-state index is 13.4. The number of nitro benzene ring substituents is 1. The number of rotatable bonds is 7. The van der Waals surface area contributed by atoms with Crippen LogP contribution in [0.3, 0.4) is 0 Å². The van der Waals surface area contributed by atoms with Gasteiger partial charge in [0.2, 0.25) is 5.91 Å². The summed E-state index contributed by atoms with van der Waals surface area (Å²) >= 11 is 0. The summed E-state index contributed by atoms with van der Waals surface area (Å²) in [4.78, 5) is 24.0. The molecule has 2 aromatic rings. The van der Waals surface area contributed by atoms with Crippen molar-refractivity contribution in [3.8, 4) is 11.8 Å². The molecule has 0 aliphatic heterocycles. The normalized spacial score (nSPS) is 15.1. The number of carbonyl (C=O) groups excluding carboxylic acids is 1. The first-order chi connectivity index (χ1) is 14.5. The summed E-state index contributed by atoms with van der Waals surface area (Å²) in [6, 6.07) is 13.4. The zero-order valence-corrected chi connectivity index (χ0v) is 17.0. The van der Waals surface area contributed by atoms with E-state index in [0.29, 0.717) is 36.4 Å². The van der Waals surface area contributed by atoms with Gasteiger partial charge in [0.25, 0.3) is 5.69 Å². The van der Waals surface area contributed by atoms with E-state index < -0.39 is 10.3 Å². The summed E-state index contributed by atoms with van der Waals surface area (Å²) in [5.74, 6) is 0.406. The monoisotopic (exact) mass is 407 g/mol. The molecule has 1 saturated carbocycles. The summed E-state index contributed by atoms with van der Waals surface area (Å²) in [6.07, 6.45) is 5.04. The minimum absolute atomic E-state index is 0.000414. The van der Waals surface area contributed by atoms with Crippen molar-refractivity contribution in [2.24, 2.45) is 0 Å². The molecule has 2 aromatic carbocycles. The molecule has 30 heavy (non-hydrogen) atoms. The number of carbonyl (C=O) groups is 1. The molecule has 7 heteroatoms. The molecule has 0 aromatic heterocycles. The van der Waals surface area contributed by atoms with Gasteiger partial charge in [0, 0.05) is 12.1 Å². The van der Waals surface area contributed by atoms with E-state index in [1.807, 2.05) is 6.92 Å². The van der Waals surface area contributed by atoms with Crippen LogP contribution in [-0.2, 0) is 10.2 Å². The lowest BCUT2D eigenvalue weighted by Gasteiger charge is -2.36. The molecule has 1 amide bonds. The second-order valence-electron chi connectivity index (χ2n) is 7.57. The molecule has 7 nitrogen and oxygen atoms in total. The minimum atomic E-state index is -0.766. The van der Waals surface area contributed by atoms with Crippen molar-refractivity contribution in [2.75, 3.05) is 11.9 Å². The van der Waals surface area contributed by atoms with Crippen molar-refractivity contribution in [1.29, 1.82) is 5.26 Å². The van der Waals surface area contributed by atoms with Crippen LogP contribution in [-0.4, -0.2) is 17.4 Å². The molecule has 0 atom stereocenters. The zero-order valence-electron chi connectivity index (χ0n) is 17.0. The predicted octanol–water partition coefficient (Wildman–Crippen LogP) is 5.10. The maximum Gasteiger partial charge on any atom is 0.269 e. The van der Waals surface area contributed by atoms with Gasteiger partial charge < -0.3 is 10.1 Å². The molecule has 1 N–H and O–H groups in total. The molecule has 0 heterocycles. The number of nitrogens with zero attached hydrogens (tertiary/aromatic N) is 2. The summed E-state index contributed by atoms with van der Waals surface area (Å²) < 4.78 is 5.57. The Kier molecular flexibility index (Phi) is 6.68. The van der Waals surface area contributed by atoms with E-state index in [4.69, 9.17) is 4.74 Å². The van der Waals surface area contributed by atoms with E-state index in [1.54, 1.807) is 30.3 Å². The number of non-ortho nitro benzene ring substituents is 1. The van der Waals surface area contributed by atoms with Crippen molar-refractivity contribution in [3.63, 3.8) is 0 Å². The molecular formula is C23H25N3O4. The van der Waals surface area contributed by atoms with Gasteiger partial charge in [0.15, 0.2) is 0 Å². The number of nitriles is 1. The van der Waals surface area contributed by atoms with Crippen LogP contribution < -0.4 is 10.1 Å². The third-order valence-corrected chi connectivity index (χ3v) is 5.60. The van der Waals surface area contributed by atoms with Gasteiger partial charge in [-0.3, -0.25) is 14.9 Å². The van der Waals surface area contributed by atoms with Gasteiger partial charge in [0.1, 0.15) is 11.8 Å². The highest BCUT2D eigenvalue weighted by Gasteiger charge is 2.41. The molecule has 3 rings (SSSR count). The van der Waals surface area contributed by atoms with Crippen molar-refractivity contribution in [3.05, 3.63) is 63.7 Å². The molecule has 156 valence electrons. The van der Waals surface area contributed by atoms with Crippen molar-refractivity contribution in [2.45, 2.75) is 50.9 Å².